The van der Waals surface area contributed by atoms with Gasteiger partial charge in [-0.3, -0.25) is 5.43 Å². The average Bonchev–Trinajstić information content (AvgIpc) is 3.04. The van der Waals surface area contributed by atoms with Gasteiger partial charge >= 0.3 is 0 Å². The summed E-state index contributed by atoms with van der Waals surface area (Å²) in [6, 6.07) is 17.6. The monoisotopic (exact) mass is 374 g/mol. The number of benzene rings is 2. The Bertz CT molecular complexity index is 1040. The fraction of sp³-hybridized carbons (Fsp3) is 0.150. The van der Waals surface area contributed by atoms with Gasteiger partial charge < -0.3 is 0 Å². The number of nitrogens with one attached hydrogen (secondary N) is 1. The van der Waals surface area contributed by atoms with Gasteiger partial charge in [0.15, 0.2) is 15.7 Å². The number of nitriles is 1. The van der Waals surface area contributed by atoms with E-state index in [0.717, 1.165) is 22.5 Å². The zero-order valence-electron chi connectivity index (χ0n) is 15.3. The lowest BCUT2D eigenvalue weighted by atomic mass is 10.1. The van der Waals surface area contributed by atoms with Crippen molar-refractivity contribution in [2.24, 2.45) is 15.3 Å². The highest BCUT2D eigenvalue weighted by Crippen LogP contribution is 2.29. The van der Waals surface area contributed by atoms with Crippen LogP contribution in [0.15, 0.2) is 63.9 Å². The van der Waals surface area contributed by atoms with E-state index < -0.39 is 0 Å². The summed E-state index contributed by atoms with van der Waals surface area (Å²) in [5, 5.41) is 23.3. The molecule has 1 aromatic heterocycles. The van der Waals surface area contributed by atoms with E-state index in [4.69, 9.17) is 0 Å². The van der Waals surface area contributed by atoms with Gasteiger partial charge in [0.1, 0.15) is 6.07 Å². The predicted molar refractivity (Wildman–Crippen MR) is 109 cm³/mol. The molecule has 0 aliphatic heterocycles. The minimum atomic E-state index is 0.213. The van der Waals surface area contributed by atoms with E-state index >= 15 is 0 Å². The molecule has 1 heterocycles. The van der Waals surface area contributed by atoms with Crippen LogP contribution in [-0.4, -0.2) is 10.7 Å². The Morgan fingerprint density at radius 1 is 1.07 bits per heavy atom. The van der Waals surface area contributed by atoms with E-state index in [1.54, 1.807) is 0 Å². The first kappa shape index (κ1) is 18.4. The van der Waals surface area contributed by atoms with Gasteiger partial charge in [0.2, 0.25) is 0 Å². The van der Waals surface area contributed by atoms with Crippen molar-refractivity contribution >= 4 is 33.4 Å². The number of hydrogen-bond acceptors (Lipinski definition) is 7. The number of rotatable bonds is 5. The Morgan fingerprint density at radius 3 is 2.59 bits per heavy atom. The van der Waals surface area contributed by atoms with Crippen LogP contribution in [0.2, 0.25) is 0 Å². The van der Waals surface area contributed by atoms with Crippen molar-refractivity contribution < 1.29 is 0 Å². The molecule has 0 fully saturated rings. The normalized spacial score (nSPS) is 11.6. The van der Waals surface area contributed by atoms with Gasteiger partial charge in [-0.05, 0) is 50.1 Å². The number of hydrogen-bond donors (Lipinski definition) is 1. The number of azo groups is 1. The highest BCUT2D eigenvalue weighted by molar-refractivity contribution is 7.17. The number of hydrazone groups is 1. The topological polar surface area (TPSA) is 85.8 Å². The molecule has 3 aromatic rings. The predicted octanol–water partition coefficient (Wildman–Crippen LogP) is 5.82. The van der Waals surface area contributed by atoms with Crippen molar-refractivity contribution in [1.29, 1.82) is 5.26 Å². The maximum atomic E-state index is 9.48. The van der Waals surface area contributed by atoms with Gasteiger partial charge in [-0.25, -0.2) is 4.98 Å². The second-order valence-electron chi connectivity index (χ2n) is 5.95. The zero-order valence-corrected chi connectivity index (χ0v) is 16.1. The van der Waals surface area contributed by atoms with Gasteiger partial charge in [-0.2, -0.15) is 10.4 Å². The standard InChI is InChI=1S/C20H18N6S/c1-13-9-10-14(2)17(11-13)24-25-18(12-21)20-22-15(3)19(27-20)26-23-16-7-5-4-6-8-16/h4-11,24H,1-3H3/b25-18+,26-23?. The van der Waals surface area contributed by atoms with Crippen molar-refractivity contribution in [3.05, 3.63) is 70.4 Å². The third-order valence-corrected chi connectivity index (χ3v) is 4.82. The summed E-state index contributed by atoms with van der Waals surface area (Å²) in [6.45, 7) is 5.83. The molecule has 0 bridgehead atoms. The van der Waals surface area contributed by atoms with Crippen LogP contribution in [-0.2, 0) is 0 Å². The first-order valence-electron chi connectivity index (χ1n) is 8.32. The Balaban J connectivity index is 1.83. The van der Waals surface area contributed by atoms with Gasteiger partial charge in [-0.1, -0.05) is 41.7 Å². The summed E-state index contributed by atoms with van der Waals surface area (Å²) in [5.74, 6) is 0. The second kappa shape index (κ2) is 8.34. The van der Waals surface area contributed by atoms with Crippen molar-refractivity contribution in [2.45, 2.75) is 20.8 Å². The van der Waals surface area contributed by atoms with Gasteiger partial charge in [-0.15, -0.1) is 10.2 Å². The largest absolute Gasteiger partial charge is 0.277 e. The number of anilines is 1. The van der Waals surface area contributed by atoms with Crippen LogP contribution in [0.4, 0.5) is 16.4 Å². The lowest BCUT2D eigenvalue weighted by Crippen LogP contribution is -2.02. The fourth-order valence-electron chi connectivity index (χ4n) is 2.27. The SMILES string of the molecule is Cc1ccc(C)c(N/N=C(\C#N)c2nc(C)c(N=Nc3ccccc3)s2)c1. The zero-order chi connectivity index (χ0) is 19.2. The summed E-state index contributed by atoms with van der Waals surface area (Å²) >= 11 is 1.29. The van der Waals surface area contributed by atoms with Gasteiger partial charge in [0.05, 0.1) is 17.1 Å². The molecule has 0 aliphatic rings. The van der Waals surface area contributed by atoms with Crippen molar-refractivity contribution in [1.82, 2.24) is 4.98 Å². The number of nitrogens with zero attached hydrogens (tertiary/aromatic N) is 5. The summed E-state index contributed by atoms with van der Waals surface area (Å²) in [6.07, 6.45) is 0. The molecule has 0 aliphatic carbocycles. The van der Waals surface area contributed by atoms with E-state index in [2.05, 4.69) is 31.8 Å². The number of aryl methyl sites for hydroxylation is 3. The Hall–Kier alpha value is -3.37. The molecular weight excluding hydrogens is 356 g/mol. The maximum absolute atomic E-state index is 9.48. The van der Waals surface area contributed by atoms with Crippen LogP contribution in [0, 0.1) is 32.1 Å². The molecule has 134 valence electrons. The summed E-state index contributed by atoms with van der Waals surface area (Å²) < 4.78 is 0. The Labute approximate surface area is 161 Å². The molecule has 1 N–H and O–H groups in total. The fourth-order valence-corrected chi connectivity index (χ4v) is 3.10. The van der Waals surface area contributed by atoms with Crippen molar-refractivity contribution in [3.8, 4) is 6.07 Å². The second-order valence-corrected chi connectivity index (χ2v) is 6.93. The Kier molecular flexibility index (Phi) is 5.69. The molecule has 6 nitrogen and oxygen atoms in total. The first-order chi connectivity index (χ1) is 13.1. The van der Waals surface area contributed by atoms with E-state index in [0.29, 0.717) is 15.7 Å². The highest BCUT2D eigenvalue weighted by atomic mass is 32.1. The first-order valence-corrected chi connectivity index (χ1v) is 9.14. The minimum absolute atomic E-state index is 0.213. The molecule has 0 spiro atoms. The molecule has 0 saturated heterocycles. The smallest absolute Gasteiger partial charge is 0.196 e. The Morgan fingerprint density at radius 2 is 1.85 bits per heavy atom. The average molecular weight is 374 g/mol. The molecular formula is C20H18N6S. The van der Waals surface area contributed by atoms with E-state index in [1.807, 2.05) is 69.3 Å². The van der Waals surface area contributed by atoms with Crippen molar-refractivity contribution in [2.75, 3.05) is 5.43 Å². The van der Waals surface area contributed by atoms with E-state index in [-0.39, 0.29) is 5.71 Å². The highest BCUT2D eigenvalue weighted by Gasteiger charge is 2.13. The lowest BCUT2D eigenvalue weighted by Gasteiger charge is -2.06. The molecule has 7 heteroatoms. The molecule has 27 heavy (non-hydrogen) atoms. The number of thiazole rings is 1. The maximum Gasteiger partial charge on any atom is 0.196 e. The molecule has 0 unspecified atom stereocenters. The summed E-state index contributed by atoms with van der Waals surface area (Å²) in [7, 11) is 0. The summed E-state index contributed by atoms with van der Waals surface area (Å²) in [4.78, 5) is 4.42. The molecule has 0 atom stereocenters. The van der Waals surface area contributed by atoms with Crippen LogP contribution >= 0.6 is 11.3 Å². The van der Waals surface area contributed by atoms with Crippen molar-refractivity contribution in [3.63, 3.8) is 0 Å². The van der Waals surface area contributed by atoms with Crippen LogP contribution in [0.5, 0.6) is 0 Å². The summed E-state index contributed by atoms with van der Waals surface area (Å²) in [5.41, 5.74) is 7.68. The lowest BCUT2D eigenvalue weighted by molar-refractivity contribution is 1.18. The third kappa shape index (κ3) is 4.63. The quantitative estimate of drug-likeness (QED) is 0.347. The molecule has 0 amide bonds. The van der Waals surface area contributed by atoms with Crippen LogP contribution in [0.1, 0.15) is 21.8 Å². The van der Waals surface area contributed by atoms with E-state index in [1.165, 1.54) is 11.3 Å². The molecule has 0 saturated carbocycles. The molecule has 0 radical (unpaired) electrons. The molecule has 2 aromatic carbocycles. The molecule has 3 rings (SSSR count). The number of aromatic nitrogens is 1. The van der Waals surface area contributed by atoms with Crippen LogP contribution in [0.3, 0.4) is 0 Å². The van der Waals surface area contributed by atoms with Gasteiger partial charge in [0, 0.05) is 0 Å². The minimum Gasteiger partial charge on any atom is -0.277 e. The van der Waals surface area contributed by atoms with E-state index in [9.17, 15) is 5.26 Å². The van der Waals surface area contributed by atoms with Crippen LogP contribution < -0.4 is 5.43 Å². The van der Waals surface area contributed by atoms with Gasteiger partial charge in [0.25, 0.3) is 0 Å². The third-order valence-electron chi connectivity index (χ3n) is 3.77. The van der Waals surface area contributed by atoms with Crippen LogP contribution in [0.25, 0.3) is 0 Å².